The van der Waals surface area contributed by atoms with E-state index in [-0.39, 0.29) is 17.9 Å². The fourth-order valence-electron chi connectivity index (χ4n) is 3.45. The maximum Gasteiger partial charge on any atom is 0.243 e. The molecule has 0 bridgehead atoms. The van der Waals surface area contributed by atoms with Gasteiger partial charge in [0.2, 0.25) is 11.8 Å². The zero-order valence-corrected chi connectivity index (χ0v) is 18.6. The lowest BCUT2D eigenvalue weighted by Gasteiger charge is -2.31. The highest BCUT2D eigenvalue weighted by atomic mass is 16.2. The molecule has 0 spiro atoms. The molecule has 0 saturated carbocycles. The molecule has 0 heterocycles. The third kappa shape index (κ3) is 6.45. The highest BCUT2D eigenvalue weighted by Crippen LogP contribution is 2.18. The fraction of sp³-hybridized carbons (Fsp3) is 0.440. The van der Waals surface area contributed by atoms with Crippen LogP contribution in [0.4, 0.5) is 0 Å². The van der Waals surface area contributed by atoms with Crippen LogP contribution in [0.3, 0.4) is 0 Å². The average molecular weight is 395 g/mol. The zero-order valence-electron chi connectivity index (χ0n) is 18.6. The van der Waals surface area contributed by atoms with Gasteiger partial charge < -0.3 is 10.2 Å². The summed E-state index contributed by atoms with van der Waals surface area (Å²) in [6.07, 6.45) is 0.869. The molecule has 4 nitrogen and oxygen atoms in total. The van der Waals surface area contributed by atoms with E-state index in [0.29, 0.717) is 19.4 Å². The predicted octanol–water partition coefficient (Wildman–Crippen LogP) is 4.49. The lowest BCUT2D eigenvalue weighted by atomic mass is 10.0. The molecule has 29 heavy (non-hydrogen) atoms. The number of aryl methyl sites for hydroxylation is 3. The second kappa shape index (κ2) is 10.2. The van der Waals surface area contributed by atoms with Crippen molar-refractivity contribution in [3.8, 4) is 0 Å². The molecule has 1 N–H and O–H groups in total. The Balaban J connectivity index is 2.33. The molecule has 156 valence electrons. The van der Waals surface area contributed by atoms with Crippen LogP contribution in [0.2, 0.25) is 0 Å². The zero-order chi connectivity index (χ0) is 21.6. The van der Waals surface area contributed by atoms with Crippen molar-refractivity contribution in [3.05, 3.63) is 70.3 Å². The van der Waals surface area contributed by atoms with Crippen LogP contribution in [0, 0.1) is 20.8 Å². The van der Waals surface area contributed by atoms with Crippen molar-refractivity contribution in [1.29, 1.82) is 0 Å². The van der Waals surface area contributed by atoms with Gasteiger partial charge in [0.25, 0.3) is 0 Å². The number of carbonyl (C=O) groups is 2. The summed E-state index contributed by atoms with van der Waals surface area (Å²) in [5, 5.41) is 2.98. The molecule has 2 aromatic rings. The number of carbonyl (C=O) groups excluding carboxylic acids is 2. The Morgan fingerprint density at radius 2 is 1.59 bits per heavy atom. The molecule has 0 unspecified atom stereocenters. The van der Waals surface area contributed by atoms with Crippen LogP contribution in [0.15, 0.2) is 42.5 Å². The quantitative estimate of drug-likeness (QED) is 0.717. The van der Waals surface area contributed by atoms with Crippen molar-refractivity contribution in [3.63, 3.8) is 0 Å². The maximum absolute atomic E-state index is 13.4. The van der Waals surface area contributed by atoms with Gasteiger partial charge in [-0.2, -0.15) is 0 Å². The molecule has 0 aliphatic rings. The van der Waals surface area contributed by atoms with Crippen LogP contribution < -0.4 is 5.32 Å². The van der Waals surface area contributed by atoms with E-state index in [0.717, 1.165) is 22.3 Å². The lowest BCUT2D eigenvalue weighted by molar-refractivity contribution is -0.141. The summed E-state index contributed by atoms with van der Waals surface area (Å²) in [7, 11) is 0. The van der Waals surface area contributed by atoms with Gasteiger partial charge in [-0.1, -0.05) is 60.5 Å². The van der Waals surface area contributed by atoms with E-state index in [2.05, 4.69) is 17.4 Å². The second-order valence-corrected chi connectivity index (χ2v) is 8.20. The van der Waals surface area contributed by atoms with Gasteiger partial charge >= 0.3 is 0 Å². The molecule has 1 atom stereocenters. The van der Waals surface area contributed by atoms with Crippen molar-refractivity contribution >= 4 is 11.8 Å². The van der Waals surface area contributed by atoms with Gasteiger partial charge in [0.1, 0.15) is 6.04 Å². The van der Waals surface area contributed by atoms with Crippen molar-refractivity contribution in [2.45, 2.75) is 73.0 Å². The van der Waals surface area contributed by atoms with E-state index in [9.17, 15) is 9.59 Å². The number of rotatable bonds is 8. The summed E-state index contributed by atoms with van der Waals surface area (Å²) in [6.45, 7) is 12.3. The standard InChI is InChI=1S/C25H34N2O2/c1-7-23(25(29)26-17(2)3)27(16-21-12-9-18(4)10-13-21)24(28)15-22-14-19(5)8-11-20(22)6/h8-14,17,23H,7,15-16H2,1-6H3,(H,26,29)/t23-/m1/s1. The van der Waals surface area contributed by atoms with E-state index in [1.807, 2.05) is 71.9 Å². The number of benzene rings is 2. The van der Waals surface area contributed by atoms with Gasteiger partial charge in [0.15, 0.2) is 0 Å². The Labute approximate surface area is 175 Å². The van der Waals surface area contributed by atoms with E-state index >= 15 is 0 Å². The molecule has 0 radical (unpaired) electrons. The van der Waals surface area contributed by atoms with Crippen molar-refractivity contribution in [2.24, 2.45) is 0 Å². The van der Waals surface area contributed by atoms with E-state index < -0.39 is 6.04 Å². The van der Waals surface area contributed by atoms with Gasteiger partial charge in [-0.25, -0.2) is 0 Å². The number of nitrogens with one attached hydrogen (secondary N) is 1. The minimum atomic E-state index is -0.490. The number of hydrogen-bond acceptors (Lipinski definition) is 2. The normalized spacial score (nSPS) is 12.0. The summed E-state index contributed by atoms with van der Waals surface area (Å²) >= 11 is 0. The van der Waals surface area contributed by atoms with Crippen LogP contribution in [-0.4, -0.2) is 28.8 Å². The lowest BCUT2D eigenvalue weighted by Crippen LogP contribution is -2.50. The van der Waals surface area contributed by atoms with Gasteiger partial charge in [0, 0.05) is 12.6 Å². The Kier molecular flexibility index (Phi) is 8.00. The summed E-state index contributed by atoms with van der Waals surface area (Å²) in [4.78, 5) is 28.0. The Morgan fingerprint density at radius 1 is 0.966 bits per heavy atom. The molecule has 2 aromatic carbocycles. The molecular weight excluding hydrogens is 360 g/mol. The second-order valence-electron chi connectivity index (χ2n) is 8.20. The van der Waals surface area contributed by atoms with Gasteiger partial charge in [-0.05, 0) is 57.7 Å². The minimum absolute atomic E-state index is 0.0231. The molecule has 0 aromatic heterocycles. The number of nitrogens with zero attached hydrogens (tertiary/aromatic N) is 1. The third-order valence-electron chi connectivity index (χ3n) is 5.14. The largest absolute Gasteiger partial charge is 0.352 e. The maximum atomic E-state index is 13.4. The topological polar surface area (TPSA) is 49.4 Å². The molecule has 0 aliphatic carbocycles. The Hall–Kier alpha value is -2.62. The minimum Gasteiger partial charge on any atom is -0.352 e. The summed E-state index contributed by atoms with van der Waals surface area (Å²) < 4.78 is 0. The monoisotopic (exact) mass is 394 g/mol. The molecule has 2 rings (SSSR count). The molecule has 2 amide bonds. The third-order valence-corrected chi connectivity index (χ3v) is 5.14. The first-order valence-corrected chi connectivity index (χ1v) is 10.4. The SMILES string of the molecule is CC[C@H](C(=O)NC(C)C)N(Cc1ccc(C)cc1)C(=O)Cc1cc(C)ccc1C. The van der Waals surface area contributed by atoms with E-state index in [4.69, 9.17) is 0 Å². The van der Waals surface area contributed by atoms with Gasteiger partial charge in [-0.15, -0.1) is 0 Å². The van der Waals surface area contributed by atoms with Gasteiger partial charge in [-0.3, -0.25) is 9.59 Å². The molecule has 0 saturated heterocycles. The van der Waals surface area contributed by atoms with Gasteiger partial charge in [0.05, 0.1) is 6.42 Å². The Bertz CT molecular complexity index is 840. The van der Waals surface area contributed by atoms with Crippen LogP contribution in [0.1, 0.15) is 55.0 Å². The predicted molar refractivity (Wildman–Crippen MR) is 119 cm³/mol. The summed E-state index contributed by atoms with van der Waals surface area (Å²) in [5.41, 5.74) is 5.45. The highest BCUT2D eigenvalue weighted by molar-refractivity contribution is 5.88. The molecule has 0 aliphatic heterocycles. The molecule has 4 heteroatoms. The van der Waals surface area contributed by atoms with Crippen LogP contribution in [0.5, 0.6) is 0 Å². The Morgan fingerprint density at radius 3 is 2.17 bits per heavy atom. The van der Waals surface area contributed by atoms with Crippen LogP contribution >= 0.6 is 0 Å². The van der Waals surface area contributed by atoms with E-state index in [1.54, 1.807) is 4.90 Å². The summed E-state index contributed by atoms with van der Waals surface area (Å²) in [6, 6.07) is 13.8. The van der Waals surface area contributed by atoms with Crippen molar-refractivity contribution in [2.75, 3.05) is 0 Å². The van der Waals surface area contributed by atoms with Crippen molar-refractivity contribution < 1.29 is 9.59 Å². The number of amides is 2. The average Bonchev–Trinajstić information content (AvgIpc) is 2.65. The van der Waals surface area contributed by atoms with Crippen LogP contribution in [-0.2, 0) is 22.6 Å². The molecule has 0 fully saturated rings. The summed E-state index contributed by atoms with van der Waals surface area (Å²) in [5.74, 6) is -0.117. The molecular formula is C25H34N2O2. The first-order valence-electron chi connectivity index (χ1n) is 10.4. The van der Waals surface area contributed by atoms with Crippen LogP contribution in [0.25, 0.3) is 0 Å². The fourth-order valence-corrected chi connectivity index (χ4v) is 3.45. The number of hydrogen-bond donors (Lipinski definition) is 1. The van der Waals surface area contributed by atoms with Crippen molar-refractivity contribution in [1.82, 2.24) is 10.2 Å². The first kappa shape index (κ1) is 22.7. The highest BCUT2D eigenvalue weighted by Gasteiger charge is 2.29. The smallest absolute Gasteiger partial charge is 0.243 e. The first-order chi connectivity index (χ1) is 13.7. The van der Waals surface area contributed by atoms with E-state index in [1.165, 1.54) is 5.56 Å².